The van der Waals surface area contributed by atoms with Crippen LogP contribution in [0.25, 0.3) is 0 Å². The van der Waals surface area contributed by atoms with E-state index in [2.05, 4.69) is 9.97 Å². The van der Waals surface area contributed by atoms with E-state index in [0.717, 1.165) is 25.7 Å². The zero-order valence-electron chi connectivity index (χ0n) is 8.40. The maximum absolute atomic E-state index is 5.81. The number of nitrogens with zero attached hydrogens (tertiary/aromatic N) is 2. The van der Waals surface area contributed by atoms with Gasteiger partial charge < -0.3 is 10.5 Å². The van der Waals surface area contributed by atoms with Crippen molar-refractivity contribution < 1.29 is 4.74 Å². The summed E-state index contributed by atoms with van der Waals surface area (Å²) in [4.78, 5) is 7.79. The predicted molar refractivity (Wildman–Crippen MR) is 57.9 cm³/mol. The molecule has 0 aliphatic heterocycles. The van der Waals surface area contributed by atoms with Crippen LogP contribution in [-0.2, 0) is 0 Å². The predicted octanol–water partition coefficient (Wildman–Crippen LogP) is 1.78. The van der Waals surface area contributed by atoms with Gasteiger partial charge in [0.05, 0.1) is 0 Å². The Bertz CT molecular complexity index is 326. The van der Waals surface area contributed by atoms with E-state index in [0.29, 0.717) is 11.9 Å². The van der Waals surface area contributed by atoms with Crippen LogP contribution in [0.3, 0.4) is 0 Å². The summed E-state index contributed by atoms with van der Waals surface area (Å²) < 4.78 is 5.69. The molecule has 1 aliphatic carbocycles. The van der Waals surface area contributed by atoms with Crippen LogP contribution >= 0.6 is 11.6 Å². The summed E-state index contributed by atoms with van der Waals surface area (Å²) in [6, 6.07) is 2.05. The minimum Gasteiger partial charge on any atom is -0.474 e. The lowest BCUT2D eigenvalue weighted by Gasteiger charge is -2.26. The fraction of sp³-hybridized carbons (Fsp3) is 0.600. The molecule has 0 bridgehead atoms. The van der Waals surface area contributed by atoms with Crippen molar-refractivity contribution in [2.45, 2.75) is 37.8 Å². The highest BCUT2D eigenvalue weighted by atomic mass is 35.5. The molecule has 1 fully saturated rings. The number of nitrogens with two attached hydrogens (primary N) is 1. The molecule has 0 saturated heterocycles. The first-order valence-electron chi connectivity index (χ1n) is 5.15. The van der Waals surface area contributed by atoms with E-state index in [9.17, 15) is 0 Å². The fourth-order valence-electron chi connectivity index (χ4n) is 1.76. The number of hydrogen-bond donors (Lipinski definition) is 1. The van der Waals surface area contributed by atoms with Crippen molar-refractivity contribution in [1.82, 2.24) is 9.97 Å². The van der Waals surface area contributed by atoms with Crippen LogP contribution in [0.15, 0.2) is 12.3 Å². The molecule has 1 aromatic rings. The molecule has 4 nitrogen and oxygen atoms in total. The lowest BCUT2D eigenvalue weighted by Crippen LogP contribution is -2.31. The SMILES string of the molecule is N[C@H]1CC[C@H](Oc2ccnc(Cl)n2)CC1. The highest BCUT2D eigenvalue weighted by Gasteiger charge is 2.20. The number of ether oxygens (including phenoxy) is 1. The topological polar surface area (TPSA) is 61.0 Å². The standard InChI is InChI=1S/C10H14ClN3O/c11-10-13-6-5-9(14-10)15-8-3-1-7(12)2-4-8/h5-8H,1-4,12H2/t7-,8-. The van der Waals surface area contributed by atoms with Crippen molar-refractivity contribution >= 4 is 11.6 Å². The Morgan fingerprint density at radius 3 is 2.73 bits per heavy atom. The third kappa shape index (κ3) is 3.04. The van der Waals surface area contributed by atoms with Gasteiger partial charge in [-0.25, -0.2) is 4.98 Å². The second-order valence-electron chi connectivity index (χ2n) is 3.82. The quantitative estimate of drug-likeness (QED) is 0.783. The van der Waals surface area contributed by atoms with Gasteiger partial charge in [-0.1, -0.05) is 0 Å². The van der Waals surface area contributed by atoms with Gasteiger partial charge in [0.25, 0.3) is 0 Å². The maximum Gasteiger partial charge on any atom is 0.225 e. The Balaban J connectivity index is 1.92. The van der Waals surface area contributed by atoms with E-state index in [4.69, 9.17) is 22.1 Å². The van der Waals surface area contributed by atoms with Crippen LogP contribution in [0.1, 0.15) is 25.7 Å². The largest absolute Gasteiger partial charge is 0.474 e. The molecular formula is C10H14ClN3O. The van der Waals surface area contributed by atoms with Crippen molar-refractivity contribution in [3.8, 4) is 5.88 Å². The molecule has 1 aromatic heterocycles. The van der Waals surface area contributed by atoms with Crippen LogP contribution in [0, 0.1) is 0 Å². The molecule has 82 valence electrons. The Morgan fingerprint density at radius 1 is 1.33 bits per heavy atom. The molecule has 5 heteroatoms. The molecule has 15 heavy (non-hydrogen) atoms. The number of aromatic nitrogens is 2. The molecule has 0 aromatic carbocycles. The van der Waals surface area contributed by atoms with Crippen LogP contribution in [0.4, 0.5) is 0 Å². The minimum atomic E-state index is 0.218. The Morgan fingerprint density at radius 2 is 2.07 bits per heavy atom. The smallest absolute Gasteiger partial charge is 0.225 e. The fourth-order valence-corrected chi connectivity index (χ4v) is 1.90. The Kier molecular flexibility index (Phi) is 3.38. The van der Waals surface area contributed by atoms with Crippen LogP contribution in [0.2, 0.25) is 5.28 Å². The van der Waals surface area contributed by atoms with Crippen molar-refractivity contribution in [3.05, 3.63) is 17.5 Å². The Hall–Kier alpha value is -0.870. The first kappa shape index (κ1) is 10.6. The monoisotopic (exact) mass is 227 g/mol. The second kappa shape index (κ2) is 4.77. The zero-order chi connectivity index (χ0) is 10.7. The lowest BCUT2D eigenvalue weighted by atomic mass is 9.94. The zero-order valence-corrected chi connectivity index (χ0v) is 9.15. The molecule has 2 N–H and O–H groups in total. The molecular weight excluding hydrogens is 214 g/mol. The second-order valence-corrected chi connectivity index (χ2v) is 4.16. The first-order chi connectivity index (χ1) is 7.24. The molecule has 1 heterocycles. The van der Waals surface area contributed by atoms with Crippen molar-refractivity contribution in [1.29, 1.82) is 0 Å². The van der Waals surface area contributed by atoms with Gasteiger partial charge in [-0.15, -0.1) is 0 Å². The number of rotatable bonds is 2. The normalized spacial score (nSPS) is 26.3. The van der Waals surface area contributed by atoms with E-state index in [-0.39, 0.29) is 11.4 Å². The number of halogens is 1. The molecule has 0 spiro atoms. The summed E-state index contributed by atoms with van der Waals surface area (Å²) in [5.41, 5.74) is 5.81. The van der Waals surface area contributed by atoms with Crippen LogP contribution in [0.5, 0.6) is 5.88 Å². The van der Waals surface area contributed by atoms with Crippen molar-refractivity contribution in [2.24, 2.45) is 5.73 Å². The molecule has 1 saturated carbocycles. The molecule has 0 radical (unpaired) electrons. The summed E-state index contributed by atoms with van der Waals surface area (Å²) in [6.45, 7) is 0. The molecule has 0 atom stereocenters. The molecule has 0 amide bonds. The van der Waals surface area contributed by atoms with Gasteiger partial charge in [0.1, 0.15) is 6.10 Å². The molecule has 0 unspecified atom stereocenters. The summed E-state index contributed by atoms with van der Waals surface area (Å²) in [7, 11) is 0. The van der Waals surface area contributed by atoms with Gasteiger partial charge in [-0.3, -0.25) is 0 Å². The summed E-state index contributed by atoms with van der Waals surface area (Å²) in [6.07, 6.45) is 5.83. The molecule has 1 aliphatic rings. The van der Waals surface area contributed by atoms with Gasteiger partial charge >= 0.3 is 0 Å². The maximum atomic E-state index is 5.81. The highest BCUT2D eigenvalue weighted by Crippen LogP contribution is 2.21. The third-order valence-electron chi connectivity index (χ3n) is 2.61. The highest BCUT2D eigenvalue weighted by molar-refractivity contribution is 6.28. The van der Waals surface area contributed by atoms with Crippen molar-refractivity contribution in [2.75, 3.05) is 0 Å². The number of hydrogen-bond acceptors (Lipinski definition) is 4. The van der Waals surface area contributed by atoms with Gasteiger partial charge in [0.2, 0.25) is 11.2 Å². The van der Waals surface area contributed by atoms with Crippen molar-refractivity contribution in [3.63, 3.8) is 0 Å². The van der Waals surface area contributed by atoms with E-state index in [1.165, 1.54) is 0 Å². The summed E-state index contributed by atoms with van der Waals surface area (Å²) in [5, 5.41) is 0.222. The average molecular weight is 228 g/mol. The van der Waals surface area contributed by atoms with Gasteiger partial charge in [0.15, 0.2) is 0 Å². The van der Waals surface area contributed by atoms with E-state index in [1.54, 1.807) is 12.3 Å². The van der Waals surface area contributed by atoms with Gasteiger partial charge in [0, 0.05) is 18.3 Å². The summed E-state index contributed by atoms with van der Waals surface area (Å²) >= 11 is 5.66. The van der Waals surface area contributed by atoms with Gasteiger partial charge in [-0.2, -0.15) is 4.98 Å². The van der Waals surface area contributed by atoms with Crippen LogP contribution < -0.4 is 10.5 Å². The average Bonchev–Trinajstić information content (AvgIpc) is 2.22. The van der Waals surface area contributed by atoms with Crippen LogP contribution in [-0.4, -0.2) is 22.1 Å². The summed E-state index contributed by atoms with van der Waals surface area (Å²) in [5.74, 6) is 0.551. The molecule has 2 rings (SSSR count). The third-order valence-corrected chi connectivity index (χ3v) is 2.79. The lowest BCUT2D eigenvalue weighted by molar-refractivity contribution is 0.141. The van der Waals surface area contributed by atoms with Gasteiger partial charge in [-0.05, 0) is 37.3 Å². The van der Waals surface area contributed by atoms with E-state index >= 15 is 0 Å². The first-order valence-corrected chi connectivity index (χ1v) is 5.52. The van der Waals surface area contributed by atoms with E-state index in [1.807, 2.05) is 0 Å². The minimum absolute atomic E-state index is 0.218. The Labute approximate surface area is 93.8 Å². The van der Waals surface area contributed by atoms with E-state index < -0.39 is 0 Å².